The molecule has 1 rings (SSSR count). The molecule has 0 heterocycles. The largest absolute Gasteiger partial charge is 0.480 e. The molecule has 114 valence electrons. The molecule has 0 aliphatic heterocycles. The lowest BCUT2D eigenvalue weighted by molar-refractivity contribution is 0.0290. The van der Waals surface area contributed by atoms with Crippen molar-refractivity contribution in [1.82, 2.24) is 4.90 Å². The summed E-state index contributed by atoms with van der Waals surface area (Å²) in [7, 11) is 1.21. The summed E-state index contributed by atoms with van der Waals surface area (Å²) in [4.78, 5) is 25.1. The van der Waals surface area contributed by atoms with Gasteiger partial charge < -0.3 is 14.6 Å². The molecule has 0 aliphatic carbocycles. The van der Waals surface area contributed by atoms with Crippen molar-refractivity contribution in [2.24, 2.45) is 0 Å². The Labute approximate surface area is 123 Å². The van der Waals surface area contributed by atoms with Crippen molar-refractivity contribution in [2.75, 3.05) is 7.11 Å². The van der Waals surface area contributed by atoms with Crippen LogP contribution in [0.5, 0.6) is 0 Å². The van der Waals surface area contributed by atoms with E-state index >= 15 is 0 Å². The number of carbonyl (C=O) groups excluding carboxylic acids is 2. The summed E-state index contributed by atoms with van der Waals surface area (Å²) in [6, 6.07) is 8.19. The number of aliphatic hydroxyl groups excluding tert-OH is 1. The van der Waals surface area contributed by atoms with E-state index in [0.717, 1.165) is 6.20 Å². The van der Waals surface area contributed by atoms with Crippen LogP contribution in [0.3, 0.4) is 0 Å². The van der Waals surface area contributed by atoms with Gasteiger partial charge in [0.05, 0.1) is 13.3 Å². The molecule has 1 N–H and O–H groups in total. The highest BCUT2D eigenvalue weighted by Gasteiger charge is 2.27. The molecule has 0 aromatic heterocycles. The maximum Gasteiger partial charge on any atom is 0.421 e. The number of nitrogens with zero attached hydrogens (tertiary/aromatic N) is 1. The Kier molecular flexibility index (Phi) is 5.35. The fourth-order valence-electron chi connectivity index (χ4n) is 1.39. The van der Waals surface area contributed by atoms with Gasteiger partial charge in [-0.05, 0) is 32.9 Å². The van der Waals surface area contributed by atoms with Crippen LogP contribution in [0.4, 0.5) is 4.79 Å². The Morgan fingerprint density at radius 1 is 1.19 bits per heavy atom. The standard InChI is InChI=1S/C15H19NO5/c1-15(2,3)21-14(19)16(10-12(17)20-4)13(18)11-8-6-5-7-9-11/h5-10,17H,1-4H3/b12-10+. The first-order chi connectivity index (χ1) is 9.74. The molecule has 0 spiro atoms. The van der Waals surface area contributed by atoms with Crippen LogP contribution in [0.15, 0.2) is 42.5 Å². The number of hydrogen-bond donors (Lipinski definition) is 1. The molecule has 0 aliphatic rings. The molecule has 0 saturated heterocycles. The summed E-state index contributed by atoms with van der Waals surface area (Å²) >= 11 is 0. The quantitative estimate of drug-likeness (QED) is 0.867. The second kappa shape index (κ2) is 6.78. The van der Waals surface area contributed by atoms with Crippen LogP contribution in [0.1, 0.15) is 31.1 Å². The predicted octanol–water partition coefficient (Wildman–Crippen LogP) is 3.07. The molecule has 0 unspecified atom stereocenters. The number of ether oxygens (including phenoxy) is 2. The summed E-state index contributed by atoms with van der Waals surface area (Å²) in [5.74, 6) is -1.21. The van der Waals surface area contributed by atoms with Gasteiger partial charge in [-0.25, -0.2) is 9.69 Å². The molecule has 0 bridgehead atoms. The van der Waals surface area contributed by atoms with E-state index in [1.165, 1.54) is 7.11 Å². The Balaban J connectivity index is 3.09. The van der Waals surface area contributed by atoms with E-state index in [-0.39, 0.29) is 5.56 Å². The zero-order chi connectivity index (χ0) is 16.0. The molecule has 0 fully saturated rings. The number of methoxy groups -OCH3 is 1. The number of carbonyl (C=O) groups is 2. The van der Waals surface area contributed by atoms with Crippen LogP contribution in [0.2, 0.25) is 0 Å². The first-order valence-electron chi connectivity index (χ1n) is 6.31. The van der Waals surface area contributed by atoms with Crippen LogP contribution in [0, 0.1) is 0 Å². The number of imide groups is 1. The van der Waals surface area contributed by atoms with Gasteiger partial charge in [-0.15, -0.1) is 0 Å². The Hall–Kier alpha value is -2.50. The minimum absolute atomic E-state index is 0.281. The molecule has 0 saturated carbocycles. The minimum Gasteiger partial charge on any atom is -0.480 e. The normalized spacial score (nSPS) is 11.7. The number of hydrogen-bond acceptors (Lipinski definition) is 5. The summed E-state index contributed by atoms with van der Waals surface area (Å²) in [6.07, 6.45) is -0.0244. The smallest absolute Gasteiger partial charge is 0.421 e. The average molecular weight is 293 g/mol. The van der Waals surface area contributed by atoms with Crippen LogP contribution >= 0.6 is 0 Å². The molecular weight excluding hydrogens is 274 g/mol. The monoisotopic (exact) mass is 293 g/mol. The number of aliphatic hydroxyl groups is 1. The van der Waals surface area contributed by atoms with Crippen LogP contribution in [-0.4, -0.2) is 34.7 Å². The SMILES string of the molecule is CO/C(O)=C/N(C(=O)OC(C)(C)C)C(=O)c1ccccc1. The number of benzene rings is 1. The fraction of sp³-hybridized carbons (Fsp3) is 0.333. The summed E-state index contributed by atoms with van der Waals surface area (Å²) in [5.41, 5.74) is -0.494. The Morgan fingerprint density at radius 2 is 1.76 bits per heavy atom. The van der Waals surface area contributed by atoms with Crippen molar-refractivity contribution >= 4 is 12.0 Å². The number of amides is 2. The third kappa shape index (κ3) is 5.18. The van der Waals surface area contributed by atoms with Crippen LogP contribution in [0.25, 0.3) is 0 Å². The van der Waals surface area contributed by atoms with E-state index in [1.54, 1.807) is 51.1 Å². The third-order valence-electron chi connectivity index (χ3n) is 2.28. The molecule has 0 radical (unpaired) electrons. The molecule has 6 heteroatoms. The van der Waals surface area contributed by atoms with Gasteiger partial charge >= 0.3 is 6.09 Å². The maximum atomic E-state index is 12.3. The first-order valence-corrected chi connectivity index (χ1v) is 6.31. The van der Waals surface area contributed by atoms with E-state index in [9.17, 15) is 14.7 Å². The van der Waals surface area contributed by atoms with Gasteiger partial charge in [-0.3, -0.25) is 4.79 Å². The van der Waals surface area contributed by atoms with E-state index in [4.69, 9.17) is 4.74 Å². The molecule has 6 nitrogen and oxygen atoms in total. The molecule has 2 amide bonds. The second-order valence-electron chi connectivity index (χ2n) is 5.19. The summed E-state index contributed by atoms with van der Waals surface area (Å²) in [6.45, 7) is 5.03. The first kappa shape index (κ1) is 16.6. The lowest BCUT2D eigenvalue weighted by Crippen LogP contribution is -2.37. The van der Waals surface area contributed by atoms with Crippen molar-refractivity contribution in [3.8, 4) is 0 Å². The number of rotatable bonds is 3. The van der Waals surface area contributed by atoms with Gasteiger partial charge in [0.1, 0.15) is 5.60 Å². The van der Waals surface area contributed by atoms with Gasteiger partial charge in [-0.2, -0.15) is 0 Å². The minimum atomic E-state index is -0.903. The maximum absolute atomic E-state index is 12.3. The topological polar surface area (TPSA) is 76.1 Å². The van der Waals surface area contributed by atoms with Crippen molar-refractivity contribution < 1.29 is 24.2 Å². The summed E-state index contributed by atoms with van der Waals surface area (Å²) in [5, 5.41) is 9.41. The van der Waals surface area contributed by atoms with Crippen LogP contribution in [-0.2, 0) is 9.47 Å². The van der Waals surface area contributed by atoms with Gasteiger partial charge in [0.25, 0.3) is 11.9 Å². The van der Waals surface area contributed by atoms with Crippen molar-refractivity contribution in [3.05, 3.63) is 48.0 Å². The molecule has 1 aromatic rings. The molecular formula is C15H19NO5. The van der Waals surface area contributed by atoms with Crippen molar-refractivity contribution in [3.63, 3.8) is 0 Å². The Morgan fingerprint density at radius 3 is 2.24 bits per heavy atom. The lowest BCUT2D eigenvalue weighted by atomic mass is 10.2. The average Bonchev–Trinajstić information content (AvgIpc) is 2.42. The zero-order valence-electron chi connectivity index (χ0n) is 12.5. The summed E-state index contributed by atoms with van der Waals surface area (Å²) < 4.78 is 9.70. The van der Waals surface area contributed by atoms with Crippen molar-refractivity contribution in [1.29, 1.82) is 0 Å². The lowest BCUT2D eigenvalue weighted by Gasteiger charge is -2.24. The van der Waals surface area contributed by atoms with Gasteiger partial charge in [0, 0.05) is 5.56 Å². The van der Waals surface area contributed by atoms with E-state index < -0.39 is 23.5 Å². The highest BCUT2D eigenvalue weighted by atomic mass is 16.6. The highest BCUT2D eigenvalue weighted by Crippen LogP contribution is 2.14. The molecule has 1 aromatic carbocycles. The van der Waals surface area contributed by atoms with Crippen LogP contribution < -0.4 is 0 Å². The zero-order valence-corrected chi connectivity index (χ0v) is 12.5. The highest BCUT2D eigenvalue weighted by molar-refractivity contribution is 6.03. The van der Waals surface area contributed by atoms with Gasteiger partial charge in [0.15, 0.2) is 0 Å². The fourth-order valence-corrected chi connectivity index (χ4v) is 1.39. The van der Waals surface area contributed by atoms with Gasteiger partial charge in [0.2, 0.25) is 0 Å². The van der Waals surface area contributed by atoms with E-state index in [1.807, 2.05) is 0 Å². The van der Waals surface area contributed by atoms with Crippen molar-refractivity contribution in [2.45, 2.75) is 26.4 Å². The second-order valence-corrected chi connectivity index (χ2v) is 5.19. The predicted molar refractivity (Wildman–Crippen MR) is 76.6 cm³/mol. The molecule has 21 heavy (non-hydrogen) atoms. The molecule has 0 atom stereocenters. The van der Waals surface area contributed by atoms with Gasteiger partial charge in [-0.1, -0.05) is 18.2 Å². The third-order valence-corrected chi connectivity index (χ3v) is 2.28. The Bertz CT molecular complexity index is 531. The van der Waals surface area contributed by atoms with E-state index in [0.29, 0.717) is 4.90 Å². The van der Waals surface area contributed by atoms with E-state index in [2.05, 4.69) is 4.74 Å².